The maximum Gasteiger partial charge on any atom is 0.255 e. The number of amides is 2. The van der Waals surface area contributed by atoms with Crippen LogP contribution in [0.4, 0.5) is 4.39 Å². The zero-order chi connectivity index (χ0) is 21.1. The topological polar surface area (TPSA) is 95.6 Å². The van der Waals surface area contributed by atoms with Crippen LogP contribution in [0, 0.1) is 5.82 Å². The van der Waals surface area contributed by atoms with Crippen LogP contribution in [0.25, 0.3) is 0 Å². The lowest BCUT2D eigenvalue weighted by Gasteiger charge is -2.27. The highest BCUT2D eigenvalue weighted by Crippen LogP contribution is 2.25. The van der Waals surface area contributed by atoms with Crippen LogP contribution in [0.1, 0.15) is 31.1 Å². The number of rotatable bonds is 6. The van der Waals surface area contributed by atoms with Gasteiger partial charge in [0.2, 0.25) is 15.9 Å². The summed E-state index contributed by atoms with van der Waals surface area (Å²) in [5.41, 5.74) is -0.455. The number of sulfonamides is 1. The molecule has 0 spiro atoms. The van der Waals surface area contributed by atoms with Gasteiger partial charge in [-0.3, -0.25) is 9.59 Å². The molecule has 10 heteroatoms. The lowest BCUT2D eigenvalue weighted by atomic mass is 10.1. The summed E-state index contributed by atoms with van der Waals surface area (Å²) in [5, 5.41) is 2.84. The molecule has 1 aromatic carbocycles. The van der Waals surface area contributed by atoms with Gasteiger partial charge in [-0.2, -0.15) is 0 Å². The second kappa shape index (κ2) is 8.62. The van der Waals surface area contributed by atoms with E-state index in [9.17, 15) is 22.4 Å². The summed E-state index contributed by atoms with van der Waals surface area (Å²) in [6.07, 6.45) is 1.32. The Morgan fingerprint density at radius 3 is 2.68 bits per heavy atom. The Balaban J connectivity index is 2.30. The van der Waals surface area contributed by atoms with E-state index in [1.54, 1.807) is 0 Å². The number of thioether (sulfide) groups is 1. The summed E-state index contributed by atoms with van der Waals surface area (Å²) >= 11 is 1.42. The standard InChI is InChI=1S/C18H24FN3O4S2/c1-5-8-20-28(25,26)15-9-12(6-7-13(15)19)17(24)22-11-27-10-14(22)16(23)21-18(2,3)4/h5-7,9,14,20H,1,8,10-11H2,2-4H3,(H,21,23). The van der Waals surface area contributed by atoms with Gasteiger partial charge in [0, 0.05) is 23.4 Å². The Kier molecular flexibility index (Phi) is 6.89. The van der Waals surface area contributed by atoms with Gasteiger partial charge in [0.15, 0.2) is 0 Å². The molecule has 2 N–H and O–H groups in total. The highest BCUT2D eigenvalue weighted by molar-refractivity contribution is 7.99. The van der Waals surface area contributed by atoms with Crippen molar-refractivity contribution in [2.24, 2.45) is 0 Å². The van der Waals surface area contributed by atoms with Crippen molar-refractivity contribution >= 4 is 33.6 Å². The maximum absolute atomic E-state index is 14.1. The molecule has 1 saturated heterocycles. The third-order valence-electron chi connectivity index (χ3n) is 3.83. The first kappa shape index (κ1) is 22.4. The van der Waals surface area contributed by atoms with Crippen LogP contribution >= 0.6 is 11.8 Å². The van der Waals surface area contributed by atoms with Gasteiger partial charge in [-0.1, -0.05) is 6.08 Å². The molecule has 1 atom stereocenters. The molecule has 1 unspecified atom stereocenters. The number of carbonyl (C=O) groups excluding carboxylic acids is 2. The van der Waals surface area contributed by atoms with Crippen LogP contribution in [0.3, 0.4) is 0 Å². The zero-order valence-electron chi connectivity index (χ0n) is 16.0. The Hall–Kier alpha value is -1.91. The highest BCUT2D eigenvalue weighted by Gasteiger charge is 2.36. The van der Waals surface area contributed by atoms with Crippen molar-refractivity contribution in [3.63, 3.8) is 0 Å². The number of halogens is 1. The number of carbonyl (C=O) groups is 2. The minimum absolute atomic E-state index is 0.00330. The number of benzene rings is 1. The number of hydrogen-bond donors (Lipinski definition) is 2. The average molecular weight is 430 g/mol. The predicted octanol–water partition coefficient (Wildman–Crippen LogP) is 1.72. The molecule has 0 saturated carbocycles. The summed E-state index contributed by atoms with van der Waals surface area (Å²) in [7, 11) is -4.14. The molecule has 1 fully saturated rings. The fraction of sp³-hybridized carbons (Fsp3) is 0.444. The fourth-order valence-corrected chi connectivity index (χ4v) is 4.82. The van der Waals surface area contributed by atoms with Gasteiger partial charge in [0.05, 0.1) is 5.88 Å². The van der Waals surface area contributed by atoms with Gasteiger partial charge in [-0.25, -0.2) is 17.5 Å². The van der Waals surface area contributed by atoms with Crippen LogP contribution in [0.2, 0.25) is 0 Å². The second-order valence-electron chi connectivity index (χ2n) is 7.32. The minimum atomic E-state index is -4.14. The van der Waals surface area contributed by atoms with E-state index in [0.717, 1.165) is 12.1 Å². The van der Waals surface area contributed by atoms with E-state index in [1.807, 2.05) is 20.8 Å². The van der Waals surface area contributed by atoms with Crippen LogP contribution < -0.4 is 10.0 Å². The maximum atomic E-state index is 14.1. The van der Waals surface area contributed by atoms with Crippen molar-refractivity contribution in [2.75, 3.05) is 18.2 Å². The van der Waals surface area contributed by atoms with Crippen LogP contribution in [-0.2, 0) is 14.8 Å². The SMILES string of the molecule is C=CCNS(=O)(=O)c1cc(C(=O)N2CSCC2C(=O)NC(C)(C)C)ccc1F. The first-order valence-corrected chi connectivity index (χ1v) is 11.2. The van der Waals surface area contributed by atoms with Crippen LogP contribution in [0.15, 0.2) is 35.7 Å². The van der Waals surface area contributed by atoms with Gasteiger partial charge in [0.25, 0.3) is 5.91 Å². The smallest absolute Gasteiger partial charge is 0.255 e. The zero-order valence-corrected chi connectivity index (χ0v) is 17.6. The second-order valence-corrected chi connectivity index (χ2v) is 10.1. The molecule has 0 bridgehead atoms. The molecule has 1 aliphatic heterocycles. The quantitative estimate of drug-likeness (QED) is 0.672. The molecule has 28 heavy (non-hydrogen) atoms. The molecule has 0 aliphatic carbocycles. The predicted molar refractivity (Wildman–Crippen MR) is 107 cm³/mol. The summed E-state index contributed by atoms with van der Waals surface area (Å²) in [5.74, 6) is -1.06. The van der Waals surface area contributed by atoms with Gasteiger partial charge >= 0.3 is 0 Å². The molecule has 1 aromatic rings. The van der Waals surface area contributed by atoms with Crippen molar-refractivity contribution in [1.29, 1.82) is 0 Å². The molecular weight excluding hydrogens is 405 g/mol. The van der Waals surface area contributed by atoms with E-state index in [1.165, 1.54) is 28.8 Å². The molecule has 154 valence electrons. The first-order valence-electron chi connectivity index (χ1n) is 8.57. The first-order chi connectivity index (χ1) is 13.0. The van der Waals surface area contributed by atoms with Crippen molar-refractivity contribution < 1.29 is 22.4 Å². The van der Waals surface area contributed by atoms with Crippen molar-refractivity contribution in [3.8, 4) is 0 Å². The van der Waals surface area contributed by atoms with E-state index < -0.39 is 38.2 Å². The average Bonchev–Trinajstić information content (AvgIpc) is 3.08. The normalized spacial score (nSPS) is 17.4. The van der Waals surface area contributed by atoms with Gasteiger partial charge in [0.1, 0.15) is 16.8 Å². The summed E-state index contributed by atoms with van der Waals surface area (Å²) < 4.78 is 40.8. The Bertz CT molecular complexity index is 881. The summed E-state index contributed by atoms with van der Waals surface area (Å²) in [4.78, 5) is 26.2. The van der Waals surface area contributed by atoms with Crippen LogP contribution in [-0.4, -0.2) is 54.9 Å². The lowest BCUT2D eigenvalue weighted by Crippen LogP contribution is -2.52. The molecule has 2 amide bonds. The van der Waals surface area contributed by atoms with E-state index in [2.05, 4.69) is 16.6 Å². The van der Waals surface area contributed by atoms with Gasteiger partial charge in [-0.15, -0.1) is 18.3 Å². The molecular formula is C18H24FN3O4S2. The summed E-state index contributed by atoms with van der Waals surface area (Å²) in [6.45, 7) is 8.85. The van der Waals surface area contributed by atoms with Gasteiger partial charge < -0.3 is 10.2 Å². The third kappa shape index (κ3) is 5.33. The van der Waals surface area contributed by atoms with E-state index in [4.69, 9.17) is 0 Å². The summed E-state index contributed by atoms with van der Waals surface area (Å²) in [6, 6.07) is 2.46. The minimum Gasteiger partial charge on any atom is -0.350 e. The van der Waals surface area contributed by atoms with E-state index in [0.29, 0.717) is 5.75 Å². The largest absolute Gasteiger partial charge is 0.350 e. The highest BCUT2D eigenvalue weighted by atomic mass is 32.2. The monoisotopic (exact) mass is 429 g/mol. The van der Waals surface area contributed by atoms with E-state index >= 15 is 0 Å². The van der Waals surface area contributed by atoms with Crippen molar-refractivity contribution in [2.45, 2.75) is 37.2 Å². The molecule has 1 aliphatic rings. The van der Waals surface area contributed by atoms with E-state index in [-0.39, 0.29) is 23.9 Å². The molecule has 2 rings (SSSR count). The third-order valence-corrected chi connectivity index (χ3v) is 6.28. The van der Waals surface area contributed by atoms with Crippen LogP contribution in [0.5, 0.6) is 0 Å². The Morgan fingerprint density at radius 1 is 1.39 bits per heavy atom. The lowest BCUT2D eigenvalue weighted by molar-refractivity contribution is -0.125. The molecule has 1 heterocycles. The number of hydrogen-bond acceptors (Lipinski definition) is 5. The van der Waals surface area contributed by atoms with Crippen molar-refractivity contribution in [3.05, 3.63) is 42.2 Å². The fourth-order valence-electron chi connectivity index (χ4n) is 2.57. The molecule has 7 nitrogen and oxygen atoms in total. The Morgan fingerprint density at radius 2 is 2.07 bits per heavy atom. The molecule has 0 aromatic heterocycles. The molecule has 0 radical (unpaired) electrons. The number of nitrogens with zero attached hydrogens (tertiary/aromatic N) is 1. The Labute approximate surface area is 168 Å². The van der Waals surface area contributed by atoms with Crippen molar-refractivity contribution in [1.82, 2.24) is 14.9 Å². The number of nitrogens with one attached hydrogen (secondary N) is 2. The van der Waals surface area contributed by atoms with Gasteiger partial charge in [-0.05, 0) is 39.0 Å².